The molecule has 0 aliphatic rings. The number of rotatable bonds is 5. The second kappa shape index (κ2) is 6.53. The topological polar surface area (TPSA) is 23.5 Å². The molecular formula is C17H20FNO. The number of anilines is 1. The summed E-state index contributed by atoms with van der Waals surface area (Å²) in [5.41, 5.74) is 2.59. The highest BCUT2D eigenvalue weighted by atomic mass is 19.1. The number of likely N-dealkylation sites (N-methyl/N-ethyl adjacent to an activating group) is 1. The van der Waals surface area contributed by atoms with Crippen LogP contribution < -0.4 is 4.90 Å². The number of halogens is 1. The number of nitrogens with zero attached hydrogens (tertiary/aromatic N) is 1. The van der Waals surface area contributed by atoms with Crippen molar-refractivity contribution < 1.29 is 9.50 Å². The molecule has 3 heteroatoms. The van der Waals surface area contributed by atoms with Crippen LogP contribution in [-0.2, 0) is 6.42 Å². The Morgan fingerprint density at radius 2 is 1.75 bits per heavy atom. The second-order valence-corrected chi connectivity index (χ2v) is 4.94. The maximum atomic E-state index is 13.7. The zero-order chi connectivity index (χ0) is 14.5. The standard InChI is InChI=1S/C17H20FNO/c1-3-13-8-10-14(11-9-13)17(20)12-19(2)16-7-5-4-6-15(16)18/h4-11,17,20H,3,12H2,1-2H3. The Labute approximate surface area is 119 Å². The van der Waals surface area contributed by atoms with Gasteiger partial charge in [0, 0.05) is 13.6 Å². The predicted octanol–water partition coefficient (Wildman–Crippen LogP) is 3.56. The van der Waals surface area contributed by atoms with Crippen LogP contribution in [0.5, 0.6) is 0 Å². The van der Waals surface area contributed by atoms with E-state index < -0.39 is 6.10 Å². The molecule has 0 bridgehead atoms. The third kappa shape index (κ3) is 3.36. The molecule has 2 aromatic rings. The summed E-state index contributed by atoms with van der Waals surface area (Å²) in [7, 11) is 1.78. The summed E-state index contributed by atoms with van der Waals surface area (Å²) in [6, 6.07) is 14.5. The lowest BCUT2D eigenvalue weighted by Crippen LogP contribution is -2.24. The lowest BCUT2D eigenvalue weighted by Gasteiger charge is -2.23. The van der Waals surface area contributed by atoms with E-state index in [1.165, 1.54) is 11.6 Å². The summed E-state index contributed by atoms with van der Waals surface area (Å²) >= 11 is 0. The molecule has 0 spiro atoms. The van der Waals surface area contributed by atoms with Crippen LogP contribution >= 0.6 is 0 Å². The summed E-state index contributed by atoms with van der Waals surface area (Å²) in [5, 5.41) is 10.2. The number of aryl methyl sites for hydroxylation is 1. The van der Waals surface area contributed by atoms with Gasteiger partial charge >= 0.3 is 0 Å². The Hall–Kier alpha value is -1.87. The van der Waals surface area contributed by atoms with E-state index in [4.69, 9.17) is 0 Å². The minimum Gasteiger partial charge on any atom is -0.387 e. The average Bonchev–Trinajstić information content (AvgIpc) is 2.47. The first kappa shape index (κ1) is 14.5. The first-order valence-electron chi connectivity index (χ1n) is 6.84. The van der Waals surface area contributed by atoms with Crippen LogP contribution in [0.1, 0.15) is 24.2 Å². The quantitative estimate of drug-likeness (QED) is 0.900. The Bertz CT molecular complexity index is 553. The van der Waals surface area contributed by atoms with E-state index >= 15 is 0 Å². The normalized spacial score (nSPS) is 12.2. The average molecular weight is 273 g/mol. The molecule has 106 valence electrons. The van der Waals surface area contributed by atoms with Crippen molar-refractivity contribution in [1.29, 1.82) is 0 Å². The summed E-state index contributed by atoms with van der Waals surface area (Å²) in [5.74, 6) is -0.275. The molecule has 1 atom stereocenters. The molecule has 0 radical (unpaired) electrons. The molecule has 0 aliphatic heterocycles. The zero-order valence-corrected chi connectivity index (χ0v) is 11.9. The van der Waals surface area contributed by atoms with E-state index in [9.17, 15) is 9.50 Å². The third-order valence-electron chi connectivity index (χ3n) is 3.48. The van der Waals surface area contributed by atoms with Crippen LogP contribution in [0, 0.1) is 5.82 Å². The van der Waals surface area contributed by atoms with Crippen LogP contribution in [0.15, 0.2) is 48.5 Å². The van der Waals surface area contributed by atoms with Gasteiger partial charge in [-0.2, -0.15) is 0 Å². The van der Waals surface area contributed by atoms with Crippen LogP contribution in [0.25, 0.3) is 0 Å². The number of aliphatic hydroxyl groups excluding tert-OH is 1. The molecule has 0 aromatic heterocycles. The lowest BCUT2D eigenvalue weighted by molar-refractivity contribution is 0.185. The molecule has 2 nitrogen and oxygen atoms in total. The van der Waals surface area contributed by atoms with Crippen molar-refractivity contribution in [3.8, 4) is 0 Å². The van der Waals surface area contributed by atoms with E-state index in [0.717, 1.165) is 12.0 Å². The monoisotopic (exact) mass is 273 g/mol. The second-order valence-electron chi connectivity index (χ2n) is 4.94. The first-order chi connectivity index (χ1) is 9.61. The van der Waals surface area contributed by atoms with E-state index in [0.29, 0.717) is 12.2 Å². The SMILES string of the molecule is CCc1ccc(C(O)CN(C)c2ccccc2F)cc1. The molecule has 0 aliphatic carbocycles. The van der Waals surface area contributed by atoms with Crippen molar-refractivity contribution in [3.05, 3.63) is 65.5 Å². The van der Waals surface area contributed by atoms with Gasteiger partial charge in [-0.25, -0.2) is 4.39 Å². The van der Waals surface area contributed by atoms with Crippen LogP contribution in [0.2, 0.25) is 0 Å². The van der Waals surface area contributed by atoms with E-state index in [1.54, 1.807) is 30.1 Å². The van der Waals surface area contributed by atoms with Crippen LogP contribution in [-0.4, -0.2) is 18.7 Å². The fraction of sp³-hybridized carbons (Fsp3) is 0.294. The predicted molar refractivity (Wildman–Crippen MR) is 80.4 cm³/mol. The Morgan fingerprint density at radius 1 is 1.10 bits per heavy atom. The molecule has 0 saturated heterocycles. The summed E-state index contributed by atoms with van der Waals surface area (Å²) in [4.78, 5) is 1.73. The van der Waals surface area contributed by atoms with Gasteiger partial charge < -0.3 is 10.0 Å². The molecule has 20 heavy (non-hydrogen) atoms. The molecule has 1 unspecified atom stereocenters. The molecule has 1 N–H and O–H groups in total. The Morgan fingerprint density at radius 3 is 2.35 bits per heavy atom. The summed E-state index contributed by atoms with van der Waals surface area (Å²) in [6.07, 6.45) is 0.344. The Kier molecular flexibility index (Phi) is 4.74. The van der Waals surface area contributed by atoms with Gasteiger partial charge in [0.1, 0.15) is 5.82 Å². The molecule has 0 heterocycles. The van der Waals surface area contributed by atoms with Crippen molar-refractivity contribution in [2.24, 2.45) is 0 Å². The van der Waals surface area contributed by atoms with Crippen molar-refractivity contribution in [2.75, 3.05) is 18.5 Å². The Balaban J connectivity index is 2.06. The van der Waals surface area contributed by atoms with E-state index in [2.05, 4.69) is 6.92 Å². The minimum absolute atomic E-state index is 0.275. The van der Waals surface area contributed by atoms with Gasteiger partial charge in [-0.15, -0.1) is 0 Å². The third-order valence-corrected chi connectivity index (χ3v) is 3.48. The fourth-order valence-electron chi connectivity index (χ4n) is 2.20. The maximum absolute atomic E-state index is 13.7. The highest BCUT2D eigenvalue weighted by Crippen LogP contribution is 2.21. The number of benzene rings is 2. The van der Waals surface area contributed by atoms with Gasteiger partial charge in [-0.1, -0.05) is 43.3 Å². The van der Waals surface area contributed by atoms with Gasteiger partial charge in [-0.05, 0) is 29.7 Å². The van der Waals surface area contributed by atoms with Crippen molar-refractivity contribution in [2.45, 2.75) is 19.4 Å². The highest BCUT2D eigenvalue weighted by molar-refractivity contribution is 5.47. The molecule has 0 fully saturated rings. The molecule has 0 amide bonds. The van der Waals surface area contributed by atoms with Gasteiger partial charge in [0.25, 0.3) is 0 Å². The van der Waals surface area contributed by atoms with Gasteiger partial charge in [0.05, 0.1) is 11.8 Å². The number of hydrogen-bond donors (Lipinski definition) is 1. The van der Waals surface area contributed by atoms with Gasteiger partial charge in [-0.3, -0.25) is 0 Å². The fourth-order valence-corrected chi connectivity index (χ4v) is 2.20. The smallest absolute Gasteiger partial charge is 0.146 e. The van der Waals surface area contributed by atoms with Crippen molar-refractivity contribution in [3.63, 3.8) is 0 Å². The van der Waals surface area contributed by atoms with Crippen LogP contribution in [0.4, 0.5) is 10.1 Å². The number of hydrogen-bond acceptors (Lipinski definition) is 2. The molecule has 2 rings (SSSR count). The molecular weight excluding hydrogens is 253 g/mol. The van der Waals surface area contributed by atoms with Gasteiger partial charge in [0.2, 0.25) is 0 Å². The number of para-hydroxylation sites is 1. The molecule has 2 aromatic carbocycles. The first-order valence-corrected chi connectivity index (χ1v) is 6.84. The lowest BCUT2D eigenvalue weighted by atomic mass is 10.1. The number of aliphatic hydroxyl groups is 1. The minimum atomic E-state index is -0.634. The van der Waals surface area contributed by atoms with E-state index in [-0.39, 0.29) is 5.82 Å². The van der Waals surface area contributed by atoms with Crippen molar-refractivity contribution in [1.82, 2.24) is 0 Å². The zero-order valence-electron chi connectivity index (χ0n) is 11.9. The van der Waals surface area contributed by atoms with Crippen LogP contribution in [0.3, 0.4) is 0 Å². The summed E-state index contributed by atoms with van der Waals surface area (Å²) < 4.78 is 13.7. The van der Waals surface area contributed by atoms with Gasteiger partial charge in [0.15, 0.2) is 0 Å². The highest BCUT2D eigenvalue weighted by Gasteiger charge is 2.13. The largest absolute Gasteiger partial charge is 0.387 e. The van der Waals surface area contributed by atoms with E-state index in [1.807, 2.05) is 24.3 Å². The van der Waals surface area contributed by atoms with Crippen molar-refractivity contribution >= 4 is 5.69 Å². The summed E-state index contributed by atoms with van der Waals surface area (Å²) in [6.45, 7) is 2.45. The maximum Gasteiger partial charge on any atom is 0.146 e. The molecule has 0 saturated carbocycles.